The van der Waals surface area contributed by atoms with Crippen molar-refractivity contribution in [1.29, 1.82) is 0 Å². The Bertz CT molecular complexity index is 585. The first-order valence-electron chi connectivity index (χ1n) is 7.79. The molecule has 2 aromatic rings. The highest BCUT2D eigenvalue weighted by atomic mass is 32.1. The highest BCUT2D eigenvalue weighted by Crippen LogP contribution is 2.17. The molecule has 22 heavy (non-hydrogen) atoms. The fourth-order valence-corrected chi connectivity index (χ4v) is 3.54. The number of thiophene rings is 1. The highest BCUT2D eigenvalue weighted by molar-refractivity contribution is 7.09. The van der Waals surface area contributed by atoms with Gasteiger partial charge in [0.25, 0.3) is 0 Å². The van der Waals surface area contributed by atoms with Crippen LogP contribution in [0.15, 0.2) is 41.9 Å². The Kier molecular flexibility index (Phi) is 5.06. The minimum atomic E-state index is 0.154. The number of piperidine rings is 1. The van der Waals surface area contributed by atoms with Crippen LogP contribution in [0.2, 0.25) is 0 Å². The van der Waals surface area contributed by atoms with E-state index in [1.807, 2.05) is 30.5 Å². The Hall–Kier alpha value is -1.88. The number of aryl methyl sites for hydroxylation is 1. The van der Waals surface area contributed by atoms with Crippen LogP contribution in [0.1, 0.15) is 24.1 Å². The Labute approximate surface area is 135 Å². The lowest BCUT2D eigenvalue weighted by Gasteiger charge is -2.34. The number of nitrogens with one attached hydrogen (secondary N) is 1. The third kappa shape index (κ3) is 4.07. The van der Waals surface area contributed by atoms with Crippen molar-refractivity contribution < 1.29 is 4.79 Å². The molecule has 0 aliphatic carbocycles. The van der Waals surface area contributed by atoms with E-state index in [2.05, 4.69) is 26.6 Å². The van der Waals surface area contributed by atoms with Crippen LogP contribution in [0.4, 0.5) is 5.82 Å². The second-order valence-electron chi connectivity index (χ2n) is 5.62. The summed E-state index contributed by atoms with van der Waals surface area (Å²) >= 11 is 1.71. The molecule has 0 bridgehead atoms. The zero-order valence-corrected chi connectivity index (χ0v) is 13.4. The molecule has 5 heteroatoms. The normalized spacial score (nSPS) is 18.2. The quantitative estimate of drug-likeness (QED) is 0.923. The van der Waals surface area contributed by atoms with Crippen LogP contribution in [0.25, 0.3) is 0 Å². The standard InChI is InChI=1S/C17H21N3OS/c21-17(9-8-15-6-4-12-22-15)19-14-5-3-11-20(13-14)16-7-1-2-10-18-16/h1-2,4,6-7,10,12,14H,3,5,8-9,11,13H2,(H,19,21)/t14-/m0/s1. The summed E-state index contributed by atoms with van der Waals surface area (Å²) < 4.78 is 0. The maximum atomic E-state index is 12.1. The zero-order valence-electron chi connectivity index (χ0n) is 12.6. The lowest BCUT2D eigenvalue weighted by molar-refractivity contribution is -0.121. The molecule has 3 rings (SSSR count). The van der Waals surface area contributed by atoms with Crippen LogP contribution in [0.3, 0.4) is 0 Å². The van der Waals surface area contributed by atoms with Gasteiger partial charge in [-0.2, -0.15) is 0 Å². The fourth-order valence-electron chi connectivity index (χ4n) is 2.84. The van der Waals surface area contributed by atoms with Gasteiger partial charge in [0.05, 0.1) is 0 Å². The highest BCUT2D eigenvalue weighted by Gasteiger charge is 2.22. The van der Waals surface area contributed by atoms with Crippen LogP contribution in [-0.4, -0.2) is 30.0 Å². The third-order valence-corrected chi connectivity index (χ3v) is 4.87. The summed E-state index contributed by atoms with van der Waals surface area (Å²) in [6.45, 7) is 1.86. The molecule has 1 amide bonds. The first kappa shape index (κ1) is 15.0. The number of carbonyl (C=O) groups excluding carboxylic acids is 1. The van der Waals surface area contributed by atoms with Crippen LogP contribution in [-0.2, 0) is 11.2 Å². The summed E-state index contributed by atoms with van der Waals surface area (Å²) in [4.78, 5) is 20.0. The van der Waals surface area contributed by atoms with E-state index in [-0.39, 0.29) is 11.9 Å². The van der Waals surface area contributed by atoms with Gasteiger partial charge in [-0.3, -0.25) is 4.79 Å². The van der Waals surface area contributed by atoms with Gasteiger partial charge in [0.1, 0.15) is 5.82 Å². The van der Waals surface area contributed by atoms with E-state index in [0.29, 0.717) is 6.42 Å². The molecule has 0 spiro atoms. The van der Waals surface area contributed by atoms with E-state index >= 15 is 0 Å². The van der Waals surface area contributed by atoms with Crippen LogP contribution < -0.4 is 10.2 Å². The molecule has 116 valence electrons. The summed E-state index contributed by atoms with van der Waals surface area (Å²) in [6.07, 6.45) is 5.36. The Morgan fingerprint density at radius 2 is 2.32 bits per heavy atom. The molecule has 4 nitrogen and oxygen atoms in total. The first-order chi connectivity index (χ1) is 10.8. The van der Waals surface area contributed by atoms with Crippen molar-refractivity contribution in [1.82, 2.24) is 10.3 Å². The van der Waals surface area contributed by atoms with E-state index in [4.69, 9.17) is 0 Å². The molecule has 0 aromatic carbocycles. The van der Waals surface area contributed by atoms with Gasteiger partial charge in [-0.25, -0.2) is 4.98 Å². The minimum absolute atomic E-state index is 0.154. The van der Waals surface area contributed by atoms with Gasteiger partial charge in [0, 0.05) is 36.6 Å². The molecular formula is C17H21N3OS. The second kappa shape index (κ2) is 7.40. The number of hydrogen-bond acceptors (Lipinski definition) is 4. The van der Waals surface area contributed by atoms with Crippen molar-refractivity contribution in [2.45, 2.75) is 31.7 Å². The van der Waals surface area contributed by atoms with Gasteiger partial charge in [-0.15, -0.1) is 11.3 Å². The van der Waals surface area contributed by atoms with Crippen molar-refractivity contribution in [2.75, 3.05) is 18.0 Å². The van der Waals surface area contributed by atoms with E-state index < -0.39 is 0 Å². The summed E-state index contributed by atoms with van der Waals surface area (Å²) in [5.41, 5.74) is 0. The Morgan fingerprint density at radius 3 is 3.09 bits per heavy atom. The maximum Gasteiger partial charge on any atom is 0.220 e. The number of anilines is 1. The molecule has 1 saturated heterocycles. The van der Waals surface area contributed by atoms with Crippen molar-refractivity contribution >= 4 is 23.1 Å². The number of rotatable bonds is 5. The van der Waals surface area contributed by atoms with Gasteiger partial charge in [0.15, 0.2) is 0 Å². The van der Waals surface area contributed by atoms with Crippen molar-refractivity contribution in [3.05, 3.63) is 46.8 Å². The van der Waals surface area contributed by atoms with E-state index in [1.54, 1.807) is 11.3 Å². The van der Waals surface area contributed by atoms with Crippen molar-refractivity contribution in [3.63, 3.8) is 0 Å². The van der Waals surface area contributed by atoms with Crippen molar-refractivity contribution in [3.8, 4) is 0 Å². The number of aromatic nitrogens is 1. The van der Waals surface area contributed by atoms with Crippen molar-refractivity contribution in [2.24, 2.45) is 0 Å². The molecular weight excluding hydrogens is 294 g/mol. The molecule has 1 N–H and O–H groups in total. The predicted molar refractivity (Wildman–Crippen MR) is 90.3 cm³/mol. The molecule has 0 radical (unpaired) electrons. The first-order valence-corrected chi connectivity index (χ1v) is 8.67. The third-order valence-electron chi connectivity index (χ3n) is 3.94. The smallest absolute Gasteiger partial charge is 0.220 e. The molecule has 0 unspecified atom stereocenters. The molecule has 1 aliphatic heterocycles. The van der Waals surface area contributed by atoms with E-state index in [1.165, 1.54) is 4.88 Å². The number of nitrogens with zero attached hydrogens (tertiary/aromatic N) is 2. The molecule has 2 aromatic heterocycles. The van der Waals surface area contributed by atoms with Gasteiger partial charge < -0.3 is 10.2 Å². The number of carbonyl (C=O) groups is 1. The number of hydrogen-bond donors (Lipinski definition) is 1. The van der Waals surface area contributed by atoms with Crippen LogP contribution in [0, 0.1) is 0 Å². The summed E-state index contributed by atoms with van der Waals surface area (Å²) in [6, 6.07) is 10.3. The summed E-state index contributed by atoms with van der Waals surface area (Å²) in [5, 5.41) is 5.23. The number of pyridine rings is 1. The van der Waals surface area contributed by atoms with E-state index in [9.17, 15) is 4.79 Å². The molecule has 1 aliphatic rings. The Balaban J connectivity index is 1.48. The zero-order chi connectivity index (χ0) is 15.2. The minimum Gasteiger partial charge on any atom is -0.355 e. The van der Waals surface area contributed by atoms with Crippen LogP contribution in [0.5, 0.6) is 0 Å². The average Bonchev–Trinajstić information content (AvgIpc) is 3.08. The monoisotopic (exact) mass is 315 g/mol. The van der Waals surface area contributed by atoms with Gasteiger partial charge in [0.2, 0.25) is 5.91 Å². The molecule has 1 atom stereocenters. The SMILES string of the molecule is O=C(CCc1cccs1)N[C@H]1CCCN(c2ccccn2)C1. The lowest BCUT2D eigenvalue weighted by Crippen LogP contribution is -2.48. The van der Waals surface area contributed by atoms with Gasteiger partial charge >= 0.3 is 0 Å². The maximum absolute atomic E-state index is 12.1. The van der Waals surface area contributed by atoms with Gasteiger partial charge in [-0.05, 0) is 42.8 Å². The van der Waals surface area contributed by atoms with Gasteiger partial charge in [-0.1, -0.05) is 12.1 Å². The fraction of sp³-hybridized carbons (Fsp3) is 0.412. The summed E-state index contributed by atoms with van der Waals surface area (Å²) in [5.74, 6) is 1.15. The summed E-state index contributed by atoms with van der Waals surface area (Å²) in [7, 11) is 0. The van der Waals surface area contributed by atoms with Crippen LogP contribution >= 0.6 is 11.3 Å². The predicted octanol–water partition coefficient (Wildman–Crippen LogP) is 2.86. The van der Waals surface area contributed by atoms with E-state index in [0.717, 1.165) is 38.2 Å². The number of amides is 1. The Morgan fingerprint density at radius 1 is 1.36 bits per heavy atom. The largest absolute Gasteiger partial charge is 0.355 e. The molecule has 1 fully saturated rings. The topological polar surface area (TPSA) is 45.2 Å². The average molecular weight is 315 g/mol. The molecule has 3 heterocycles. The lowest BCUT2D eigenvalue weighted by atomic mass is 10.1. The molecule has 0 saturated carbocycles. The second-order valence-corrected chi connectivity index (χ2v) is 6.65.